The largest absolute Gasteiger partial charge is 0.477 e. The second kappa shape index (κ2) is 6.78. The summed E-state index contributed by atoms with van der Waals surface area (Å²) in [5.41, 5.74) is 1.33. The van der Waals surface area contributed by atoms with Crippen LogP contribution in [0.15, 0.2) is 35.3 Å². The van der Waals surface area contributed by atoms with Gasteiger partial charge in [-0.1, -0.05) is 0 Å². The third-order valence-corrected chi connectivity index (χ3v) is 5.35. The van der Waals surface area contributed by atoms with Crippen LogP contribution in [0.2, 0.25) is 0 Å². The summed E-state index contributed by atoms with van der Waals surface area (Å²) in [4.78, 5) is 37.4. The molecule has 1 aliphatic heterocycles. The number of nitrogens with zero attached hydrogens (tertiary/aromatic N) is 3. The van der Waals surface area contributed by atoms with Gasteiger partial charge in [0, 0.05) is 36.3 Å². The average molecular weight is 397 g/mol. The number of aryl methyl sites for hydroxylation is 2. The fourth-order valence-electron chi connectivity index (χ4n) is 3.99. The van der Waals surface area contributed by atoms with Crippen molar-refractivity contribution in [3.05, 3.63) is 51.9 Å². The fraction of sp³-hybridized carbons (Fsp3) is 0.250. The summed E-state index contributed by atoms with van der Waals surface area (Å²) in [6.07, 6.45) is 1.53. The van der Waals surface area contributed by atoms with Gasteiger partial charge in [-0.25, -0.2) is 9.59 Å². The number of carbonyl (C=O) groups is 2. The Balaban J connectivity index is 2.15. The number of pyridine rings is 1. The summed E-state index contributed by atoms with van der Waals surface area (Å²) in [6.45, 7) is -0.500. The van der Waals surface area contributed by atoms with Crippen LogP contribution in [-0.4, -0.2) is 43.1 Å². The molecular formula is C20H19N3O6. The predicted molar refractivity (Wildman–Crippen MR) is 105 cm³/mol. The molecule has 3 aromatic rings. The molecular weight excluding hydrogens is 378 g/mol. The van der Waals surface area contributed by atoms with Crippen molar-refractivity contribution in [2.45, 2.75) is 19.6 Å². The molecule has 29 heavy (non-hydrogen) atoms. The monoisotopic (exact) mass is 397 g/mol. The Kier molecular flexibility index (Phi) is 4.39. The Hall–Kier alpha value is -3.59. The number of benzene rings is 1. The Morgan fingerprint density at radius 3 is 2.59 bits per heavy atom. The van der Waals surface area contributed by atoms with Crippen LogP contribution in [0.5, 0.6) is 0 Å². The summed E-state index contributed by atoms with van der Waals surface area (Å²) >= 11 is 0. The zero-order valence-electron chi connectivity index (χ0n) is 15.6. The normalized spacial score (nSPS) is 13.5. The maximum atomic E-state index is 12.7. The molecule has 0 spiro atoms. The molecule has 2 aromatic heterocycles. The number of aromatic carboxylic acids is 1. The van der Waals surface area contributed by atoms with E-state index in [-0.39, 0.29) is 6.54 Å². The minimum absolute atomic E-state index is 0.221. The third-order valence-electron chi connectivity index (χ3n) is 5.35. The highest BCUT2D eigenvalue weighted by Gasteiger charge is 2.27. The van der Waals surface area contributed by atoms with E-state index < -0.39 is 29.9 Å². The van der Waals surface area contributed by atoms with E-state index in [0.717, 1.165) is 15.5 Å². The van der Waals surface area contributed by atoms with Crippen molar-refractivity contribution in [2.75, 3.05) is 11.4 Å². The quantitative estimate of drug-likeness (QED) is 0.608. The molecule has 3 N–H and O–H groups in total. The number of amides is 1. The average Bonchev–Trinajstić information content (AvgIpc) is 3.02. The highest BCUT2D eigenvalue weighted by molar-refractivity contribution is 6.00. The van der Waals surface area contributed by atoms with Crippen molar-refractivity contribution in [1.82, 2.24) is 9.13 Å². The fourth-order valence-corrected chi connectivity index (χ4v) is 3.99. The van der Waals surface area contributed by atoms with Crippen LogP contribution in [0.4, 0.5) is 10.5 Å². The van der Waals surface area contributed by atoms with Crippen LogP contribution in [0, 0.1) is 0 Å². The van der Waals surface area contributed by atoms with Gasteiger partial charge in [0.25, 0.3) is 5.56 Å². The SMILES string of the molecule is Cn1ccc2cc3c(cc21)N(C(=O)O)CCCc1cc(C(=O)O)c(=O)n(CO)c1-3. The highest BCUT2D eigenvalue weighted by atomic mass is 16.4. The van der Waals surface area contributed by atoms with Crippen LogP contribution in [0.25, 0.3) is 22.2 Å². The van der Waals surface area contributed by atoms with E-state index in [1.807, 2.05) is 23.9 Å². The van der Waals surface area contributed by atoms with Crippen molar-refractivity contribution in [3.8, 4) is 11.3 Å². The third kappa shape index (κ3) is 2.87. The number of fused-ring (bicyclic) bond motifs is 4. The summed E-state index contributed by atoms with van der Waals surface area (Å²) in [7, 11) is 1.85. The molecule has 0 aliphatic carbocycles. The van der Waals surface area contributed by atoms with Gasteiger partial charge in [-0.15, -0.1) is 0 Å². The van der Waals surface area contributed by atoms with Crippen molar-refractivity contribution in [1.29, 1.82) is 0 Å². The van der Waals surface area contributed by atoms with E-state index in [9.17, 15) is 29.7 Å². The van der Waals surface area contributed by atoms with Crippen molar-refractivity contribution in [2.24, 2.45) is 7.05 Å². The second-order valence-corrected chi connectivity index (χ2v) is 7.00. The Morgan fingerprint density at radius 2 is 1.93 bits per heavy atom. The molecule has 150 valence electrons. The first-order valence-electron chi connectivity index (χ1n) is 9.04. The molecule has 1 aliphatic rings. The number of anilines is 1. The van der Waals surface area contributed by atoms with Crippen LogP contribution >= 0.6 is 0 Å². The number of hydrogen-bond donors (Lipinski definition) is 3. The van der Waals surface area contributed by atoms with Crippen molar-refractivity contribution < 1.29 is 24.9 Å². The molecule has 9 heteroatoms. The maximum Gasteiger partial charge on any atom is 0.411 e. The van der Waals surface area contributed by atoms with E-state index in [0.29, 0.717) is 35.3 Å². The van der Waals surface area contributed by atoms with E-state index in [4.69, 9.17) is 0 Å². The van der Waals surface area contributed by atoms with Crippen LogP contribution in [0.1, 0.15) is 22.3 Å². The molecule has 9 nitrogen and oxygen atoms in total. The van der Waals surface area contributed by atoms with E-state index in [2.05, 4.69) is 0 Å². The lowest BCUT2D eigenvalue weighted by Gasteiger charge is -2.28. The van der Waals surface area contributed by atoms with Gasteiger partial charge in [0.2, 0.25) is 0 Å². The van der Waals surface area contributed by atoms with Gasteiger partial charge in [-0.2, -0.15) is 0 Å². The van der Waals surface area contributed by atoms with Crippen molar-refractivity contribution in [3.63, 3.8) is 0 Å². The lowest BCUT2D eigenvalue weighted by atomic mass is 9.95. The van der Waals surface area contributed by atoms with Gasteiger partial charge in [0.05, 0.1) is 11.4 Å². The van der Waals surface area contributed by atoms with Gasteiger partial charge in [-0.05, 0) is 42.7 Å². The Morgan fingerprint density at radius 1 is 1.17 bits per heavy atom. The number of carboxylic acids is 1. The minimum Gasteiger partial charge on any atom is -0.477 e. The van der Waals surface area contributed by atoms with Crippen molar-refractivity contribution >= 4 is 28.7 Å². The summed E-state index contributed by atoms with van der Waals surface area (Å²) < 4.78 is 2.86. The van der Waals surface area contributed by atoms with Gasteiger partial charge in [0.1, 0.15) is 12.3 Å². The molecule has 0 unspecified atom stereocenters. The predicted octanol–water partition coefficient (Wildman–Crippen LogP) is 2.09. The standard InChI is InChI=1S/C20H19N3O6/c1-21-6-4-11-7-13-16(9-15(11)21)22(20(28)29)5-2-3-12-8-14(19(26)27)18(25)23(10-24)17(12)13/h4,6-9,24H,2-3,5,10H2,1H3,(H,26,27)(H,28,29). The highest BCUT2D eigenvalue weighted by Crippen LogP contribution is 2.38. The molecule has 0 atom stereocenters. The molecule has 1 amide bonds. The first-order chi connectivity index (χ1) is 13.8. The number of aromatic nitrogens is 2. The summed E-state index contributed by atoms with van der Waals surface area (Å²) in [5, 5.41) is 29.9. The van der Waals surface area contributed by atoms with E-state index >= 15 is 0 Å². The number of aliphatic hydroxyl groups is 1. The summed E-state index contributed by atoms with van der Waals surface area (Å²) in [5.74, 6) is -1.37. The van der Waals surface area contributed by atoms with Gasteiger partial charge in [0.15, 0.2) is 0 Å². The van der Waals surface area contributed by atoms with E-state index in [1.165, 1.54) is 11.0 Å². The van der Waals surface area contributed by atoms with Crippen LogP contribution in [0.3, 0.4) is 0 Å². The molecule has 0 saturated carbocycles. The van der Waals surface area contributed by atoms with Crippen LogP contribution < -0.4 is 10.5 Å². The number of hydrogen-bond acceptors (Lipinski definition) is 4. The van der Waals surface area contributed by atoms with E-state index in [1.54, 1.807) is 12.1 Å². The molecule has 0 bridgehead atoms. The number of aliphatic hydroxyl groups excluding tert-OH is 1. The van der Waals surface area contributed by atoms with Gasteiger partial charge in [-0.3, -0.25) is 14.3 Å². The lowest BCUT2D eigenvalue weighted by Crippen LogP contribution is -2.34. The van der Waals surface area contributed by atoms with Crippen LogP contribution in [-0.2, 0) is 20.2 Å². The van der Waals surface area contributed by atoms with Gasteiger partial charge >= 0.3 is 12.1 Å². The number of rotatable bonds is 2. The zero-order valence-corrected chi connectivity index (χ0v) is 15.6. The smallest absolute Gasteiger partial charge is 0.411 e. The lowest BCUT2D eigenvalue weighted by molar-refractivity contribution is 0.0693. The van der Waals surface area contributed by atoms with Gasteiger partial charge < -0.3 is 19.9 Å². The molecule has 3 heterocycles. The number of carboxylic acid groups (broad SMARTS) is 2. The molecule has 0 fully saturated rings. The first-order valence-corrected chi connectivity index (χ1v) is 9.04. The molecule has 1 aromatic carbocycles. The minimum atomic E-state index is -1.37. The Labute approximate surface area is 164 Å². The second-order valence-electron chi connectivity index (χ2n) is 7.00. The topological polar surface area (TPSA) is 125 Å². The Bertz CT molecular complexity index is 1220. The first kappa shape index (κ1) is 18.8. The molecule has 4 rings (SSSR count). The molecule has 0 saturated heterocycles. The maximum absolute atomic E-state index is 12.7. The zero-order chi connectivity index (χ0) is 20.9. The molecule has 0 radical (unpaired) electrons. The summed E-state index contributed by atoms with van der Waals surface area (Å²) in [6, 6.07) is 6.72.